The lowest BCUT2D eigenvalue weighted by atomic mass is 10.1. The zero-order valence-corrected chi connectivity index (χ0v) is 10.1. The van der Waals surface area contributed by atoms with Crippen molar-refractivity contribution in [2.75, 3.05) is 0 Å². The first-order valence-corrected chi connectivity index (χ1v) is 5.19. The van der Waals surface area contributed by atoms with Gasteiger partial charge in [-0.3, -0.25) is 16.0 Å². The third kappa shape index (κ3) is 2.73. The molecule has 7 heteroatoms. The SMILES string of the molecule is Cc1nn(C)c(CC(NN)C(F)F)c1Br. The van der Waals surface area contributed by atoms with Gasteiger partial charge in [-0.15, -0.1) is 0 Å². The smallest absolute Gasteiger partial charge is 0.255 e. The minimum Gasteiger partial charge on any atom is -0.271 e. The molecule has 0 aliphatic carbocycles. The molecule has 0 spiro atoms. The van der Waals surface area contributed by atoms with Crippen LogP contribution in [-0.4, -0.2) is 22.2 Å². The van der Waals surface area contributed by atoms with Crippen LogP contribution in [-0.2, 0) is 13.5 Å². The van der Waals surface area contributed by atoms with Crippen LogP contribution in [0.1, 0.15) is 11.4 Å². The highest BCUT2D eigenvalue weighted by molar-refractivity contribution is 9.10. The van der Waals surface area contributed by atoms with Crippen molar-refractivity contribution in [1.29, 1.82) is 0 Å². The van der Waals surface area contributed by atoms with Crippen molar-refractivity contribution in [3.63, 3.8) is 0 Å². The molecule has 0 bridgehead atoms. The predicted octanol–water partition coefficient (Wildman–Crippen LogP) is 1.13. The van der Waals surface area contributed by atoms with Crippen LogP contribution in [0.3, 0.4) is 0 Å². The van der Waals surface area contributed by atoms with Gasteiger partial charge in [0.2, 0.25) is 0 Å². The van der Waals surface area contributed by atoms with Crippen molar-refractivity contribution >= 4 is 15.9 Å². The van der Waals surface area contributed by atoms with Gasteiger partial charge < -0.3 is 0 Å². The number of nitrogens with one attached hydrogen (secondary N) is 1. The molecule has 0 saturated carbocycles. The third-order valence-corrected chi connectivity index (χ3v) is 3.22. The van der Waals surface area contributed by atoms with E-state index >= 15 is 0 Å². The Morgan fingerprint density at radius 2 is 2.20 bits per heavy atom. The van der Waals surface area contributed by atoms with Gasteiger partial charge in [0.25, 0.3) is 6.43 Å². The first-order valence-electron chi connectivity index (χ1n) is 4.39. The van der Waals surface area contributed by atoms with E-state index in [4.69, 9.17) is 5.84 Å². The minimum absolute atomic E-state index is 0.131. The summed E-state index contributed by atoms with van der Waals surface area (Å²) in [7, 11) is 1.71. The minimum atomic E-state index is -2.50. The molecule has 86 valence electrons. The van der Waals surface area contributed by atoms with E-state index in [2.05, 4.69) is 26.5 Å². The number of nitrogens with two attached hydrogens (primary N) is 1. The number of hydrazine groups is 1. The molecule has 1 aromatic rings. The number of nitrogens with zero attached hydrogens (tertiary/aromatic N) is 2. The summed E-state index contributed by atoms with van der Waals surface area (Å²) in [6.07, 6.45) is -2.37. The van der Waals surface area contributed by atoms with E-state index in [0.717, 1.165) is 10.2 Å². The van der Waals surface area contributed by atoms with E-state index in [1.807, 2.05) is 0 Å². The maximum Gasteiger partial charge on any atom is 0.255 e. The van der Waals surface area contributed by atoms with Crippen molar-refractivity contribution in [2.45, 2.75) is 25.8 Å². The number of aryl methyl sites for hydroxylation is 2. The van der Waals surface area contributed by atoms with Gasteiger partial charge in [0, 0.05) is 13.5 Å². The number of hydrogen-bond donors (Lipinski definition) is 2. The Labute approximate surface area is 94.9 Å². The Balaban J connectivity index is 2.88. The molecule has 1 rings (SSSR count). The molecule has 0 aliphatic rings. The number of alkyl halides is 2. The summed E-state index contributed by atoms with van der Waals surface area (Å²) in [5.41, 5.74) is 3.58. The number of halogens is 3. The fourth-order valence-corrected chi connectivity index (χ4v) is 1.83. The molecular formula is C8H13BrF2N4. The van der Waals surface area contributed by atoms with Crippen LogP contribution in [0.5, 0.6) is 0 Å². The summed E-state index contributed by atoms with van der Waals surface area (Å²) in [4.78, 5) is 0. The highest BCUT2D eigenvalue weighted by atomic mass is 79.9. The van der Waals surface area contributed by atoms with Gasteiger partial charge in [0.1, 0.15) is 0 Å². The normalized spacial score (nSPS) is 13.5. The Bertz CT molecular complexity index is 340. The van der Waals surface area contributed by atoms with Crippen LogP contribution >= 0.6 is 15.9 Å². The first kappa shape index (κ1) is 12.5. The van der Waals surface area contributed by atoms with Gasteiger partial charge in [-0.2, -0.15) is 5.10 Å². The summed E-state index contributed by atoms with van der Waals surface area (Å²) < 4.78 is 27.3. The van der Waals surface area contributed by atoms with Crippen LogP contribution in [0.15, 0.2) is 4.47 Å². The van der Waals surface area contributed by atoms with E-state index in [1.54, 1.807) is 18.7 Å². The standard InChI is InChI=1S/C8H13BrF2N4/c1-4-7(9)6(15(2)14-4)3-5(13-12)8(10)11/h5,8,13H,3,12H2,1-2H3. The molecule has 3 N–H and O–H groups in total. The molecule has 0 aliphatic heterocycles. The van der Waals surface area contributed by atoms with Crippen molar-refractivity contribution in [3.8, 4) is 0 Å². The lowest BCUT2D eigenvalue weighted by Gasteiger charge is -2.14. The lowest BCUT2D eigenvalue weighted by Crippen LogP contribution is -2.42. The maximum absolute atomic E-state index is 12.5. The summed E-state index contributed by atoms with van der Waals surface area (Å²) in [6.45, 7) is 1.81. The zero-order valence-electron chi connectivity index (χ0n) is 8.47. The summed E-state index contributed by atoms with van der Waals surface area (Å²) in [5.74, 6) is 5.05. The fraction of sp³-hybridized carbons (Fsp3) is 0.625. The molecule has 0 aromatic carbocycles. The van der Waals surface area contributed by atoms with E-state index < -0.39 is 12.5 Å². The third-order valence-electron chi connectivity index (χ3n) is 2.19. The molecule has 0 radical (unpaired) electrons. The summed E-state index contributed by atoms with van der Waals surface area (Å²) >= 11 is 3.31. The van der Waals surface area contributed by atoms with Crippen molar-refractivity contribution in [1.82, 2.24) is 15.2 Å². The van der Waals surface area contributed by atoms with Crippen LogP contribution in [0.25, 0.3) is 0 Å². The molecule has 1 unspecified atom stereocenters. The number of hydrogen-bond acceptors (Lipinski definition) is 3. The molecule has 1 heterocycles. The van der Waals surface area contributed by atoms with Crippen molar-refractivity contribution in [3.05, 3.63) is 15.9 Å². The van der Waals surface area contributed by atoms with Gasteiger partial charge in [0.15, 0.2) is 0 Å². The quantitative estimate of drug-likeness (QED) is 0.643. The summed E-state index contributed by atoms with van der Waals surface area (Å²) in [5, 5.41) is 4.11. The second kappa shape index (κ2) is 5.00. The number of rotatable bonds is 4. The van der Waals surface area contributed by atoms with Crippen LogP contribution in [0.4, 0.5) is 8.78 Å². The fourth-order valence-electron chi connectivity index (χ4n) is 1.33. The van der Waals surface area contributed by atoms with Gasteiger partial charge in [-0.25, -0.2) is 8.78 Å². The van der Waals surface area contributed by atoms with Gasteiger partial charge >= 0.3 is 0 Å². The zero-order chi connectivity index (χ0) is 11.6. The van der Waals surface area contributed by atoms with Crippen molar-refractivity contribution in [2.24, 2.45) is 12.9 Å². The molecule has 0 amide bonds. The Kier molecular flexibility index (Phi) is 4.18. The lowest BCUT2D eigenvalue weighted by molar-refractivity contribution is 0.0975. The molecule has 1 aromatic heterocycles. The Morgan fingerprint density at radius 1 is 1.60 bits per heavy atom. The van der Waals surface area contributed by atoms with Gasteiger partial charge in [-0.05, 0) is 22.9 Å². The number of aromatic nitrogens is 2. The highest BCUT2D eigenvalue weighted by Gasteiger charge is 2.22. The van der Waals surface area contributed by atoms with Crippen LogP contribution in [0, 0.1) is 6.92 Å². The Hall–Kier alpha value is -0.530. The Morgan fingerprint density at radius 3 is 2.53 bits per heavy atom. The average Bonchev–Trinajstić information content (AvgIpc) is 2.39. The molecule has 15 heavy (non-hydrogen) atoms. The summed E-state index contributed by atoms with van der Waals surface area (Å²) in [6, 6.07) is -1.06. The largest absolute Gasteiger partial charge is 0.271 e. The average molecular weight is 283 g/mol. The van der Waals surface area contributed by atoms with Crippen LogP contribution < -0.4 is 11.3 Å². The molecule has 4 nitrogen and oxygen atoms in total. The van der Waals surface area contributed by atoms with Gasteiger partial charge in [0.05, 0.1) is 21.9 Å². The van der Waals surface area contributed by atoms with Crippen molar-refractivity contribution < 1.29 is 8.78 Å². The highest BCUT2D eigenvalue weighted by Crippen LogP contribution is 2.22. The monoisotopic (exact) mass is 282 g/mol. The molecule has 0 saturated heterocycles. The molecular weight excluding hydrogens is 270 g/mol. The second-order valence-corrected chi connectivity index (χ2v) is 4.07. The van der Waals surface area contributed by atoms with E-state index in [-0.39, 0.29) is 6.42 Å². The maximum atomic E-state index is 12.5. The first-order chi connectivity index (χ1) is 6.97. The van der Waals surface area contributed by atoms with E-state index in [9.17, 15) is 8.78 Å². The molecule has 1 atom stereocenters. The predicted molar refractivity (Wildman–Crippen MR) is 56.5 cm³/mol. The van der Waals surface area contributed by atoms with Gasteiger partial charge in [-0.1, -0.05) is 0 Å². The topological polar surface area (TPSA) is 55.9 Å². The molecule has 0 fully saturated rings. The van der Waals surface area contributed by atoms with E-state index in [0.29, 0.717) is 5.69 Å². The second-order valence-electron chi connectivity index (χ2n) is 3.28. The van der Waals surface area contributed by atoms with Crippen LogP contribution in [0.2, 0.25) is 0 Å². The van der Waals surface area contributed by atoms with E-state index in [1.165, 1.54) is 0 Å².